The molecule has 0 bridgehead atoms. The van der Waals surface area contributed by atoms with Crippen molar-refractivity contribution in [1.29, 1.82) is 0 Å². The van der Waals surface area contributed by atoms with Crippen molar-refractivity contribution < 1.29 is 0 Å². The Morgan fingerprint density at radius 1 is 1.27 bits per heavy atom. The molecule has 1 rings (SSSR count). The maximum absolute atomic E-state index is 5.99. The molecule has 1 unspecified atom stereocenters. The molecule has 0 radical (unpaired) electrons. The molecule has 0 heterocycles. The van der Waals surface area contributed by atoms with Gasteiger partial charge in [-0.1, -0.05) is 43.1 Å². The highest BCUT2D eigenvalue weighted by Gasteiger charge is 2.22. The molecule has 0 amide bonds. The second-order valence-corrected chi connectivity index (χ2v) is 5.51. The van der Waals surface area contributed by atoms with Crippen LogP contribution in [0.15, 0.2) is 18.2 Å². The monoisotopic (exact) mass is 245 g/mol. The molecule has 0 aliphatic heterocycles. The molecule has 0 aromatic heterocycles. The molecule has 0 aliphatic carbocycles. The van der Waals surface area contributed by atoms with E-state index in [1.165, 1.54) is 5.56 Å². The summed E-state index contributed by atoms with van der Waals surface area (Å²) in [6.07, 6.45) is 0.922. The van der Waals surface area contributed by atoms with E-state index in [2.05, 4.69) is 13.8 Å². The summed E-state index contributed by atoms with van der Waals surface area (Å²) in [6, 6.07) is 5.94. The largest absolute Gasteiger partial charge is 0.328 e. The lowest BCUT2D eigenvalue weighted by Gasteiger charge is -2.27. The fourth-order valence-corrected chi connectivity index (χ4v) is 2.14. The van der Waals surface area contributed by atoms with Gasteiger partial charge in [-0.05, 0) is 36.5 Å². The normalized spacial score (nSPS) is 14.0. The molecule has 1 aromatic rings. The van der Waals surface area contributed by atoms with Gasteiger partial charge in [0.05, 0.1) is 10.0 Å². The highest BCUT2D eigenvalue weighted by atomic mass is 35.5. The Morgan fingerprint density at radius 3 is 2.33 bits per heavy atom. The maximum Gasteiger partial charge on any atom is 0.0595 e. The summed E-state index contributed by atoms with van der Waals surface area (Å²) in [5.74, 6) is 0. The molecule has 0 fully saturated rings. The number of hydrogen-bond donors (Lipinski definition) is 1. The fourth-order valence-electron chi connectivity index (χ4n) is 1.84. The van der Waals surface area contributed by atoms with Crippen LogP contribution in [0.1, 0.15) is 32.8 Å². The fraction of sp³-hybridized carbons (Fsp3) is 0.500. The summed E-state index contributed by atoms with van der Waals surface area (Å²) < 4.78 is 0. The van der Waals surface area contributed by atoms with Crippen LogP contribution in [0.2, 0.25) is 10.0 Å². The van der Waals surface area contributed by atoms with E-state index in [0.29, 0.717) is 10.0 Å². The van der Waals surface area contributed by atoms with Gasteiger partial charge in [0.1, 0.15) is 0 Å². The summed E-state index contributed by atoms with van der Waals surface area (Å²) in [7, 11) is 0. The van der Waals surface area contributed by atoms with Gasteiger partial charge in [0.25, 0.3) is 0 Å². The van der Waals surface area contributed by atoms with Crippen LogP contribution in [0.4, 0.5) is 0 Å². The molecule has 0 saturated carbocycles. The number of rotatable bonds is 3. The maximum atomic E-state index is 5.99. The van der Waals surface area contributed by atoms with Crippen LogP contribution in [0.5, 0.6) is 0 Å². The highest BCUT2D eigenvalue weighted by molar-refractivity contribution is 6.42. The first-order chi connectivity index (χ1) is 6.83. The second kappa shape index (κ2) is 4.73. The molecular weight excluding hydrogens is 229 g/mol. The van der Waals surface area contributed by atoms with Gasteiger partial charge in [-0.2, -0.15) is 0 Å². The van der Waals surface area contributed by atoms with E-state index < -0.39 is 0 Å². The SMILES string of the molecule is CC(N)CC(C)(C)c1ccc(Cl)c(Cl)c1. The first-order valence-electron chi connectivity index (χ1n) is 5.04. The third-order valence-electron chi connectivity index (χ3n) is 2.53. The van der Waals surface area contributed by atoms with Crippen molar-refractivity contribution in [2.45, 2.75) is 38.6 Å². The van der Waals surface area contributed by atoms with Crippen molar-refractivity contribution in [3.8, 4) is 0 Å². The standard InChI is InChI=1S/C12H17Cl2N/c1-8(15)7-12(2,3)9-4-5-10(13)11(14)6-9/h4-6,8H,7,15H2,1-3H3. The van der Waals surface area contributed by atoms with Crippen LogP contribution in [0.25, 0.3) is 0 Å². The van der Waals surface area contributed by atoms with E-state index in [1.807, 2.05) is 25.1 Å². The minimum Gasteiger partial charge on any atom is -0.328 e. The zero-order valence-electron chi connectivity index (χ0n) is 9.35. The summed E-state index contributed by atoms with van der Waals surface area (Å²) >= 11 is 11.9. The Bertz CT molecular complexity index is 345. The summed E-state index contributed by atoms with van der Waals surface area (Å²) in [5, 5.41) is 1.20. The zero-order chi connectivity index (χ0) is 11.6. The quantitative estimate of drug-likeness (QED) is 0.856. The van der Waals surface area contributed by atoms with Crippen LogP contribution in [-0.2, 0) is 5.41 Å². The van der Waals surface area contributed by atoms with E-state index in [4.69, 9.17) is 28.9 Å². The topological polar surface area (TPSA) is 26.0 Å². The Hall–Kier alpha value is -0.240. The lowest BCUT2D eigenvalue weighted by molar-refractivity contribution is 0.437. The first-order valence-corrected chi connectivity index (χ1v) is 5.79. The van der Waals surface area contributed by atoms with Crippen LogP contribution in [0, 0.1) is 0 Å². The number of halogens is 2. The number of nitrogens with two attached hydrogens (primary N) is 1. The van der Waals surface area contributed by atoms with Crippen LogP contribution in [-0.4, -0.2) is 6.04 Å². The zero-order valence-corrected chi connectivity index (χ0v) is 10.9. The molecule has 1 atom stereocenters. The average molecular weight is 246 g/mol. The van der Waals surface area contributed by atoms with Crippen LogP contribution < -0.4 is 5.73 Å². The molecule has 0 spiro atoms. The minimum atomic E-state index is 0.0302. The van der Waals surface area contributed by atoms with Gasteiger partial charge in [-0.25, -0.2) is 0 Å². The molecule has 1 nitrogen and oxygen atoms in total. The molecular formula is C12H17Cl2N. The summed E-state index contributed by atoms with van der Waals surface area (Å²) in [5.41, 5.74) is 7.03. The van der Waals surface area contributed by atoms with Gasteiger partial charge in [0, 0.05) is 6.04 Å². The van der Waals surface area contributed by atoms with Crippen molar-refractivity contribution >= 4 is 23.2 Å². The van der Waals surface area contributed by atoms with E-state index in [9.17, 15) is 0 Å². The van der Waals surface area contributed by atoms with Crippen LogP contribution in [0.3, 0.4) is 0 Å². The van der Waals surface area contributed by atoms with E-state index in [-0.39, 0.29) is 11.5 Å². The van der Waals surface area contributed by atoms with Gasteiger partial charge >= 0.3 is 0 Å². The lowest BCUT2D eigenvalue weighted by Crippen LogP contribution is -2.28. The van der Waals surface area contributed by atoms with Crippen molar-refractivity contribution in [3.63, 3.8) is 0 Å². The van der Waals surface area contributed by atoms with Gasteiger partial charge < -0.3 is 5.73 Å². The predicted octanol–water partition coefficient (Wildman–Crippen LogP) is 4.01. The Labute approximate surface area is 102 Å². The minimum absolute atomic E-state index is 0.0302. The molecule has 0 aliphatic rings. The van der Waals surface area contributed by atoms with Crippen LogP contribution >= 0.6 is 23.2 Å². The van der Waals surface area contributed by atoms with Crippen molar-refractivity contribution in [2.75, 3.05) is 0 Å². The number of benzene rings is 1. The van der Waals surface area contributed by atoms with Gasteiger partial charge in [0.15, 0.2) is 0 Å². The van der Waals surface area contributed by atoms with Gasteiger partial charge in [-0.15, -0.1) is 0 Å². The molecule has 1 aromatic carbocycles. The number of hydrogen-bond acceptors (Lipinski definition) is 1. The van der Waals surface area contributed by atoms with Crippen molar-refractivity contribution in [2.24, 2.45) is 5.73 Å². The smallest absolute Gasteiger partial charge is 0.0595 e. The third-order valence-corrected chi connectivity index (χ3v) is 3.27. The molecule has 15 heavy (non-hydrogen) atoms. The first kappa shape index (κ1) is 12.8. The Balaban J connectivity index is 2.99. The van der Waals surface area contributed by atoms with E-state index >= 15 is 0 Å². The van der Waals surface area contributed by atoms with Gasteiger partial charge in [-0.3, -0.25) is 0 Å². The van der Waals surface area contributed by atoms with Crippen molar-refractivity contribution in [3.05, 3.63) is 33.8 Å². The van der Waals surface area contributed by atoms with E-state index in [1.54, 1.807) is 0 Å². The highest BCUT2D eigenvalue weighted by Crippen LogP contribution is 2.32. The predicted molar refractivity (Wildman–Crippen MR) is 67.8 cm³/mol. The molecule has 3 heteroatoms. The molecule has 2 N–H and O–H groups in total. The third kappa shape index (κ3) is 3.37. The van der Waals surface area contributed by atoms with Gasteiger partial charge in [0.2, 0.25) is 0 Å². The molecule has 0 saturated heterocycles. The summed E-state index contributed by atoms with van der Waals surface area (Å²) in [6.45, 7) is 6.34. The summed E-state index contributed by atoms with van der Waals surface area (Å²) in [4.78, 5) is 0. The Morgan fingerprint density at radius 2 is 1.87 bits per heavy atom. The lowest BCUT2D eigenvalue weighted by atomic mass is 9.79. The second-order valence-electron chi connectivity index (χ2n) is 4.69. The Kier molecular flexibility index (Phi) is 4.05. The average Bonchev–Trinajstić information content (AvgIpc) is 2.07. The van der Waals surface area contributed by atoms with Crippen molar-refractivity contribution in [1.82, 2.24) is 0 Å². The molecule has 84 valence electrons. The van der Waals surface area contributed by atoms with E-state index in [0.717, 1.165) is 6.42 Å².